The van der Waals surface area contributed by atoms with Crippen LogP contribution >= 0.6 is 0 Å². The predicted molar refractivity (Wildman–Crippen MR) is 177 cm³/mol. The minimum atomic E-state index is -0.991. The number of fused-ring (bicyclic) bond motifs is 7. The topological polar surface area (TPSA) is 117 Å². The number of hydrogen-bond acceptors (Lipinski definition) is 9. The standard InChI is InChI=1S/C36H33F2N7O4/c1-4-20-6-5-7-21-12-39-13-24(26(20)21)29-28(38)30-27-32(42-34(41-30)48-17-36-10-18(2)14-43(36)15-22(37)11-36)44-16-23-8-9-25(45(23)35(46)47)31(44)19(3)49-33(27)40-29/h1,5-7,12-13,19,22-23,25,31H,2,8-11,14-17H2,3H3,(H,46,47)/t19?,22-,23?,25?,31?,36?/m1/s1. The molecule has 3 aromatic heterocycles. The average Bonchev–Trinajstić information content (AvgIpc) is 3.64. The Bertz CT molecular complexity index is 2140. The molecule has 4 fully saturated rings. The first-order valence-corrected chi connectivity index (χ1v) is 16.5. The summed E-state index contributed by atoms with van der Waals surface area (Å²) in [5, 5.41) is 11.8. The van der Waals surface area contributed by atoms with E-state index in [0.717, 1.165) is 5.57 Å². The van der Waals surface area contributed by atoms with E-state index in [2.05, 4.69) is 27.4 Å². The molecule has 1 amide bonds. The summed E-state index contributed by atoms with van der Waals surface area (Å²) in [5.41, 5.74) is 1.23. The second-order valence-corrected chi connectivity index (χ2v) is 13.9. The second kappa shape index (κ2) is 10.7. The summed E-state index contributed by atoms with van der Waals surface area (Å²) >= 11 is 0. The molecule has 0 aliphatic carbocycles. The molecule has 1 N–H and O–H groups in total. The molecule has 0 saturated carbocycles. The molecule has 0 radical (unpaired) electrons. The molecule has 11 nitrogen and oxygen atoms in total. The lowest BCUT2D eigenvalue weighted by molar-refractivity contribution is 0.0706. The zero-order valence-electron chi connectivity index (χ0n) is 26.8. The number of halogens is 2. The lowest BCUT2D eigenvalue weighted by atomic mass is 9.93. The van der Waals surface area contributed by atoms with Crippen LogP contribution in [0.3, 0.4) is 0 Å². The van der Waals surface area contributed by atoms with E-state index in [1.165, 1.54) is 11.1 Å². The SMILES string of the molecule is C#Cc1cccc2cncc(-c3nc4c5c(nc(OCC67CC(=C)CN6C[C@H](F)C7)nc5c3F)N3CC5CCC(C3C(C)O4)N5C(=O)O)c12. The van der Waals surface area contributed by atoms with Gasteiger partial charge < -0.3 is 19.5 Å². The summed E-state index contributed by atoms with van der Waals surface area (Å²) in [6.07, 6.45) is 8.73. The highest BCUT2D eigenvalue weighted by atomic mass is 19.1. The van der Waals surface area contributed by atoms with E-state index in [4.69, 9.17) is 25.9 Å². The van der Waals surface area contributed by atoms with Crippen LogP contribution in [-0.2, 0) is 0 Å². The maximum absolute atomic E-state index is 17.1. The van der Waals surface area contributed by atoms with E-state index in [0.29, 0.717) is 73.0 Å². The molecule has 4 aromatic rings. The molecular weight excluding hydrogens is 632 g/mol. The van der Waals surface area contributed by atoms with Gasteiger partial charge in [-0.25, -0.2) is 18.6 Å². The molecule has 13 heteroatoms. The molecular formula is C36H33F2N7O4. The third-order valence-electron chi connectivity index (χ3n) is 11.0. The fourth-order valence-corrected chi connectivity index (χ4v) is 9.14. The van der Waals surface area contributed by atoms with Crippen molar-refractivity contribution in [2.75, 3.05) is 31.1 Å². The summed E-state index contributed by atoms with van der Waals surface area (Å²) in [4.78, 5) is 36.6. The number of carbonyl (C=O) groups is 1. The zero-order chi connectivity index (χ0) is 33.8. The van der Waals surface area contributed by atoms with Crippen LogP contribution in [0.4, 0.5) is 19.4 Å². The van der Waals surface area contributed by atoms with Crippen molar-refractivity contribution < 1.29 is 28.2 Å². The van der Waals surface area contributed by atoms with Crippen molar-refractivity contribution in [1.82, 2.24) is 29.7 Å². The van der Waals surface area contributed by atoms with Crippen molar-refractivity contribution in [1.29, 1.82) is 0 Å². The van der Waals surface area contributed by atoms with Crippen LogP contribution in [0.15, 0.2) is 42.7 Å². The zero-order valence-corrected chi connectivity index (χ0v) is 26.8. The van der Waals surface area contributed by atoms with E-state index >= 15 is 4.39 Å². The van der Waals surface area contributed by atoms with E-state index in [1.54, 1.807) is 12.3 Å². The Morgan fingerprint density at radius 2 is 2.08 bits per heavy atom. The predicted octanol–water partition coefficient (Wildman–Crippen LogP) is 4.96. The molecule has 6 atom stereocenters. The highest BCUT2D eigenvalue weighted by Gasteiger charge is 2.54. The Balaban J connectivity index is 1.24. The molecule has 9 rings (SSSR count). The number of amides is 1. The summed E-state index contributed by atoms with van der Waals surface area (Å²) < 4.78 is 44.7. The first kappa shape index (κ1) is 30.0. The summed E-state index contributed by atoms with van der Waals surface area (Å²) in [6.45, 7) is 7.32. The third kappa shape index (κ3) is 4.39. The number of aromatic nitrogens is 4. The number of benzene rings is 1. The van der Waals surface area contributed by atoms with Crippen LogP contribution in [0.2, 0.25) is 0 Å². The number of alkyl halides is 1. The quantitative estimate of drug-likeness (QED) is 0.237. The van der Waals surface area contributed by atoms with Gasteiger partial charge in [0, 0.05) is 60.3 Å². The number of piperazine rings is 1. The minimum Gasteiger partial charge on any atom is -0.472 e. The lowest BCUT2D eigenvalue weighted by Crippen LogP contribution is -2.64. The molecule has 250 valence electrons. The Hall–Kier alpha value is -5.09. The summed E-state index contributed by atoms with van der Waals surface area (Å²) in [6, 6.07) is 4.27. The monoisotopic (exact) mass is 665 g/mol. The fourth-order valence-electron chi connectivity index (χ4n) is 9.14. The van der Waals surface area contributed by atoms with Crippen molar-refractivity contribution in [2.45, 2.75) is 68.5 Å². The Morgan fingerprint density at radius 3 is 2.90 bits per heavy atom. The van der Waals surface area contributed by atoms with Gasteiger partial charge in [0.15, 0.2) is 5.82 Å². The van der Waals surface area contributed by atoms with Gasteiger partial charge in [-0.05, 0) is 32.3 Å². The van der Waals surface area contributed by atoms with Gasteiger partial charge in [-0.2, -0.15) is 9.97 Å². The molecule has 2 bridgehead atoms. The number of carboxylic acid groups (broad SMARTS) is 1. The second-order valence-electron chi connectivity index (χ2n) is 13.9. The van der Waals surface area contributed by atoms with E-state index < -0.39 is 35.8 Å². The Morgan fingerprint density at radius 1 is 1.22 bits per heavy atom. The summed E-state index contributed by atoms with van der Waals surface area (Å²) in [7, 11) is 0. The lowest BCUT2D eigenvalue weighted by Gasteiger charge is -2.47. The van der Waals surface area contributed by atoms with Crippen molar-refractivity contribution in [3.05, 3.63) is 54.1 Å². The van der Waals surface area contributed by atoms with Crippen molar-refractivity contribution in [3.8, 4) is 35.5 Å². The number of nitrogens with zero attached hydrogens (tertiary/aromatic N) is 7. The van der Waals surface area contributed by atoms with Crippen LogP contribution in [0.25, 0.3) is 32.9 Å². The van der Waals surface area contributed by atoms with Crippen LogP contribution < -0.4 is 14.4 Å². The molecule has 5 aliphatic rings. The third-order valence-corrected chi connectivity index (χ3v) is 11.0. The number of ether oxygens (including phenoxy) is 2. The van der Waals surface area contributed by atoms with Crippen molar-refractivity contribution in [3.63, 3.8) is 0 Å². The van der Waals surface area contributed by atoms with Gasteiger partial charge in [0.1, 0.15) is 41.3 Å². The smallest absolute Gasteiger partial charge is 0.407 e. The summed E-state index contributed by atoms with van der Waals surface area (Å²) in [5.74, 6) is 2.45. The molecule has 8 heterocycles. The molecule has 5 aliphatic heterocycles. The number of hydrogen-bond donors (Lipinski definition) is 1. The van der Waals surface area contributed by atoms with Crippen LogP contribution in [0.5, 0.6) is 11.9 Å². The normalized spacial score (nSPS) is 28.7. The van der Waals surface area contributed by atoms with Crippen LogP contribution in [0.1, 0.15) is 38.2 Å². The van der Waals surface area contributed by atoms with E-state index in [1.807, 2.05) is 24.0 Å². The maximum Gasteiger partial charge on any atom is 0.407 e. The first-order valence-electron chi connectivity index (χ1n) is 16.5. The molecule has 49 heavy (non-hydrogen) atoms. The highest BCUT2D eigenvalue weighted by Crippen LogP contribution is 2.47. The van der Waals surface area contributed by atoms with Gasteiger partial charge in [0.05, 0.1) is 23.7 Å². The van der Waals surface area contributed by atoms with Crippen molar-refractivity contribution >= 4 is 33.6 Å². The Labute approximate surface area is 280 Å². The van der Waals surface area contributed by atoms with Crippen molar-refractivity contribution in [2.24, 2.45) is 0 Å². The molecule has 1 aromatic carbocycles. The van der Waals surface area contributed by atoms with E-state index in [-0.39, 0.29) is 47.2 Å². The Kier molecular flexibility index (Phi) is 6.55. The minimum absolute atomic E-state index is 0.0485. The molecule has 0 spiro atoms. The van der Waals surface area contributed by atoms with Gasteiger partial charge in [0.2, 0.25) is 5.88 Å². The van der Waals surface area contributed by atoms with Gasteiger partial charge in [-0.3, -0.25) is 14.8 Å². The fraction of sp³-hybridized carbons (Fsp3) is 0.417. The number of pyridine rings is 2. The van der Waals surface area contributed by atoms with Gasteiger partial charge in [-0.15, -0.1) is 6.42 Å². The largest absolute Gasteiger partial charge is 0.472 e. The average molecular weight is 666 g/mol. The number of rotatable bonds is 4. The maximum atomic E-state index is 17.1. The number of terminal acetylenes is 1. The van der Waals surface area contributed by atoms with Gasteiger partial charge in [-0.1, -0.05) is 30.2 Å². The van der Waals surface area contributed by atoms with E-state index in [9.17, 15) is 14.3 Å². The number of anilines is 1. The highest BCUT2D eigenvalue weighted by molar-refractivity contribution is 6.03. The van der Waals surface area contributed by atoms with Crippen LogP contribution in [-0.4, -0.2) is 103 Å². The first-order chi connectivity index (χ1) is 23.7. The van der Waals surface area contributed by atoms with Gasteiger partial charge in [0.25, 0.3) is 0 Å². The molecule has 4 saturated heterocycles. The van der Waals surface area contributed by atoms with Crippen LogP contribution in [0, 0.1) is 18.2 Å². The van der Waals surface area contributed by atoms with Gasteiger partial charge >= 0.3 is 12.1 Å². The molecule has 5 unspecified atom stereocenters.